The average Bonchev–Trinajstić information content (AvgIpc) is 3.46. The third-order valence-corrected chi connectivity index (χ3v) is 4.98. The van der Waals surface area contributed by atoms with Gasteiger partial charge in [-0.25, -0.2) is 9.18 Å². The number of nitrogens with zero attached hydrogens (tertiary/aromatic N) is 1. The lowest BCUT2D eigenvalue weighted by Crippen LogP contribution is -2.42. The standard InChI is InChI=1S/C21H30FN5O2.HI/c1-3-23-20(26-13-19(14-5-6-14)27-21(28)29-4-2)24-10-9-15-12-25-18-11-16(22)7-8-17(15)18;/h7-8,11-12,14,19,25H,3-6,9-10,13H2,1-2H3,(H,27,28)(H2,23,24,26);1H. The molecule has 0 aliphatic heterocycles. The number of hydrogen-bond acceptors (Lipinski definition) is 3. The summed E-state index contributed by atoms with van der Waals surface area (Å²) in [6, 6.07) is 4.78. The molecule has 1 aliphatic carbocycles. The first kappa shape index (κ1) is 24.2. The van der Waals surface area contributed by atoms with Crippen LogP contribution >= 0.6 is 24.0 Å². The average molecular weight is 531 g/mol. The second kappa shape index (κ2) is 12.0. The number of H-pyrrole nitrogens is 1. The van der Waals surface area contributed by atoms with Crippen LogP contribution in [-0.4, -0.2) is 49.3 Å². The maximum Gasteiger partial charge on any atom is 0.407 e. The molecule has 0 saturated heterocycles. The third kappa shape index (κ3) is 7.03. The lowest BCUT2D eigenvalue weighted by Gasteiger charge is -2.17. The van der Waals surface area contributed by atoms with Crippen molar-refractivity contribution in [3.8, 4) is 0 Å². The number of carbonyl (C=O) groups excluding carboxylic acids is 1. The van der Waals surface area contributed by atoms with Gasteiger partial charge in [0.2, 0.25) is 0 Å². The molecule has 0 radical (unpaired) electrons. The van der Waals surface area contributed by atoms with Gasteiger partial charge in [-0.05, 0) is 62.8 Å². The highest BCUT2D eigenvalue weighted by molar-refractivity contribution is 14.0. The van der Waals surface area contributed by atoms with Gasteiger partial charge in [-0.2, -0.15) is 0 Å². The van der Waals surface area contributed by atoms with Crippen LogP contribution in [0, 0.1) is 11.7 Å². The Hall–Kier alpha value is -2.04. The van der Waals surface area contributed by atoms with Crippen LogP contribution in [0.4, 0.5) is 9.18 Å². The first-order valence-corrected chi connectivity index (χ1v) is 10.3. The van der Waals surface area contributed by atoms with Gasteiger partial charge in [0, 0.05) is 30.2 Å². The number of amides is 1. The summed E-state index contributed by atoms with van der Waals surface area (Å²) in [4.78, 5) is 19.5. The molecule has 166 valence electrons. The highest BCUT2D eigenvalue weighted by Crippen LogP contribution is 2.32. The van der Waals surface area contributed by atoms with Gasteiger partial charge in [0.05, 0.1) is 19.2 Å². The monoisotopic (exact) mass is 531 g/mol. The second-order valence-corrected chi connectivity index (χ2v) is 7.21. The van der Waals surface area contributed by atoms with Crippen molar-refractivity contribution < 1.29 is 13.9 Å². The summed E-state index contributed by atoms with van der Waals surface area (Å²) in [6.45, 7) is 6.11. The maximum absolute atomic E-state index is 13.3. The van der Waals surface area contributed by atoms with E-state index in [4.69, 9.17) is 4.74 Å². The molecule has 1 atom stereocenters. The molecule has 0 bridgehead atoms. The number of hydrogen-bond donors (Lipinski definition) is 4. The van der Waals surface area contributed by atoms with Crippen molar-refractivity contribution in [1.29, 1.82) is 0 Å². The molecule has 1 aromatic heterocycles. The first-order valence-electron chi connectivity index (χ1n) is 10.3. The van der Waals surface area contributed by atoms with Gasteiger partial charge in [0.25, 0.3) is 0 Å². The highest BCUT2D eigenvalue weighted by Gasteiger charge is 2.32. The number of nitrogens with one attached hydrogen (secondary N) is 4. The van der Waals surface area contributed by atoms with E-state index in [0.29, 0.717) is 25.6 Å². The molecule has 1 aromatic carbocycles. The number of aromatic amines is 1. The van der Waals surface area contributed by atoms with E-state index in [1.165, 1.54) is 12.1 Å². The fourth-order valence-corrected chi connectivity index (χ4v) is 3.35. The molecule has 1 heterocycles. The van der Waals surface area contributed by atoms with Gasteiger partial charge in [-0.1, -0.05) is 0 Å². The Kier molecular flexibility index (Phi) is 9.67. The van der Waals surface area contributed by atoms with Crippen LogP contribution in [0.15, 0.2) is 29.4 Å². The summed E-state index contributed by atoms with van der Waals surface area (Å²) in [5.74, 6) is 0.944. The zero-order chi connectivity index (χ0) is 20.6. The van der Waals surface area contributed by atoms with Crippen LogP contribution in [-0.2, 0) is 11.2 Å². The van der Waals surface area contributed by atoms with Gasteiger partial charge in [0.1, 0.15) is 5.82 Å². The van der Waals surface area contributed by atoms with Gasteiger partial charge >= 0.3 is 6.09 Å². The number of carbonyl (C=O) groups is 1. The fourth-order valence-electron chi connectivity index (χ4n) is 3.35. The minimum absolute atomic E-state index is 0. The molecule has 0 spiro atoms. The summed E-state index contributed by atoms with van der Waals surface area (Å²) in [5, 5.41) is 10.5. The van der Waals surface area contributed by atoms with E-state index in [2.05, 4.69) is 25.9 Å². The van der Waals surface area contributed by atoms with Crippen molar-refractivity contribution in [2.24, 2.45) is 10.9 Å². The van der Waals surface area contributed by atoms with E-state index < -0.39 is 0 Å². The molecule has 9 heteroatoms. The number of halogens is 2. The van der Waals surface area contributed by atoms with Crippen LogP contribution in [0.1, 0.15) is 32.3 Å². The number of aromatic nitrogens is 1. The van der Waals surface area contributed by atoms with E-state index in [1.807, 2.05) is 13.1 Å². The zero-order valence-electron chi connectivity index (χ0n) is 17.5. The van der Waals surface area contributed by atoms with E-state index in [-0.39, 0.29) is 41.9 Å². The van der Waals surface area contributed by atoms with Gasteiger partial charge in [-0.15, -0.1) is 24.0 Å². The second-order valence-electron chi connectivity index (χ2n) is 7.21. The Balaban J connectivity index is 0.00000320. The number of rotatable bonds is 9. The topological polar surface area (TPSA) is 90.5 Å². The number of ether oxygens (including phenoxy) is 1. The Morgan fingerprint density at radius 1 is 1.33 bits per heavy atom. The van der Waals surface area contributed by atoms with E-state index in [1.54, 1.807) is 13.0 Å². The van der Waals surface area contributed by atoms with Crippen LogP contribution < -0.4 is 16.0 Å². The molecule has 30 heavy (non-hydrogen) atoms. The SMILES string of the molecule is CCNC(=NCC(NC(=O)OCC)C1CC1)NCCc1c[nH]c2cc(F)ccc12.I. The van der Waals surface area contributed by atoms with E-state index >= 15 is 0 Å². The Bertz CT molecular complexity index is 853. The Morgan fingerprint density at radius 3 is 2.83 bits per heavy atom. The number of guanidine groups is 1. The minimum Gasteiger partial charge on any atom is -0.450 e. The first-order chi connectivity index (χ1) is 14.1. The number of alkyl carbamates (subject to hydrolysis) is 1. The predicted octanol–water partition coefficient (Wildman–Crippen LogP) is 3.55. The molecular weight excluding hydrogens is 500 g/mol. The third-order valence-electron chi connectivity index (χ3n) is 4.98. The summed E-state index contributed by atoms with van der Waals surface area (Å²) < 4.78 is 18.3. The lowest BCUT2D eigenvalue weighted by atomic mass is 10.1. The van der Waals surface area contributed by atoms with Gasteiger partial charge in [-0.3, -0.25) is 4.99 Å². The molecule has 1 fully saturated rings. The fraction of sp³-hybridized carbons (Fsp3) is 0.524. The molecule has 1 unspecified atom stereocenters. The number of benzene rings is 1. The van der Waals surface area contributed by atoms with Crippen molar-refractivity contribution in [3.63, 3.8) is 0 Å². The van der Waals surface area contributed by atoms with Crippen molar-refractivity contribution in [1.82, 2.24) is 20.9 Å². The minimum atomic E-state index is -0.381. The van der Waals surface area contributed by atoms with Crippen molar-refractivity contribution in [2.45, 2.75) is 39.2 Å². The molecule has 7 nitrogen and oxygen atoms in total. The van der Waals surface area contributed by atoms with Crippen LogP contribution in [0.2, 0.25) is 0 Å². The molecule has 4 N–H and O–H groups in total. The molecule has 1 saturated carbocycles. The zero-order valence-corrected chi connectivity index (χ0v) is 19.8. The van der Waals surface area contributed by atoms with Crippen LogP contribution in [0.5, 0.6) is 0 Å². The largest absolute Gasteiger partial charge is 0.450 e. The van der Waals surface area contributed by atoms with E-state index in [9.17, 15) is 9.18 Å². The molecular formula is C21H31FIN5O2. The van der Waals surface area contributed by atoms with Crippen LogP contribution in [0.25, 0.3) is 10.9 Å². The van der Waals surface area contributed by atoms with Crippen LogP contribution in [0.3, 0.4) is 0 Å². The Labute approximate surface area is 193 Å². The predicted molar refractivity (Wildman–Crippen MR) is 128 cm³/mol. The smallest absolute Gasteiger partial charge is 0.407 e. The van der Waals surface area contributed by atoms with Crippen molar-refractivity contribution in [2.75, 3.05) is 26.2 Å². The van der Waals surface area contributed by atoms with Crippen molar-refractivity contribution in [3.05, 3.63) is 35.8 Å². The summed E-state index contributed by atoms with van der Waals surface area (Å²) in [5.41, 5.74) is 1.93. The van der Waals surface area contributed by atoms with Crippen molar-refractivity contribution >= 4 is 46.9 Å². The summed E-state index contributed by atoms with van der Waals surface area (Å²) in [6.07, 6.45) is 4.54. The van der Waals surface area contributed by atoms with E-state index in [0.717, 1.165) is 48.2 Å². The summed E-state index contributed by atoms with van der Waals surface area (Å²) in [7, 11) is 0. The summed E-state index contributed by atoms with van der Waals surface area (Å²) >= 11 is 0. The maximum atomic E-state index is 13.3. The molecule has 2 aromatic rings. The quantitative estimate of drug-likeness (QED) is 0.227. The number of aliphatic imine (C=N–C) groups is 1. The molecule has 1 amide bonds. The van der Waals surface area contributed by atoms with Gasteiger partial charge in [0.15, 0.2) is 5.96 Å². The normalized spacial score (nSPS) is 14.7. The Morgan fingerprint density at radius 2 is 2.13 bits per heavy atom. The number of fused-ring (bicyclic) bond motifs is 1. The van der Waals surface area contributed by atoms with Gasteiger partial charge < -0.3 is 25.7 Å². The molecule has 3 rings (SSSR count). The lowest BCUT2D eigenvalue weighted by molar-refractivity contribution is 0.147. The highest BCUT2D eigenvalue weighted by atomic mass is 127. The molecule has 1 aliphatic rings.